The van der Waals surface area contributed by atoms with Crippen molar-refractivity contribution in [3.05, 3.63) is 50.4 Å². The second kappa shape index (κ2) is 6.27. The van der Waals surface area contributed by atoms with Crippen molar-refractivity contribution in [2.45, 2.75) is 19.5 Å². The van der Waals surface area contributed by atoms with E-state index in [1.165, 1.54) is 5.56 Å². The number of hydrogen-bond acceptors (Lipinski definition) is 4. The molecule has 2 rings (SSSR count). The predicted molar refractivity (Wildman–Crippen MR) is 78.5 cm³/mol. The van der Waals surface area contributed by atoms with E-state index in [1.807, 2.05) is 24.3 Å². The van der Waals surface area contributed by atoms with Crippen molar-refractivity contribution in [3.8, 4) is 0 Å². The summed E-state index contributed by atoms with van der Waals surface area (Å²) >= 11 is 4.55. The van der Waals surface area contributed by atoms with Crippen LogP contribution in [0.1, 0.15) is 34.0 Å². The number of halogens is 1. The van der Waals surface area contributed by atoms with Crippen LogP contribution in [0.25, 0.3) is 0 Å². The highest BCUT2D eigenvalue weighted by Crippen LogP contribution is 2.17. The molecule has 1 aromatic carbocycles. The molecule has 100 valence electrons. The lowest BCUT2D eigenvalue weighted by Crippen LogP contribution is -2.18. The van der Waals surface area contributed by atoms with E-state index in [2.05, 4.69) is 33.2 Å². The van der Waals surface area contributed by atoms with Crippen LogP contribution in [-0.2, 0) is 6.54 Å². The zero-order valence-corrected chi connectivity index (χ0v) is 12.7. The number of aromatic nitrogens is 1. The molecule has 2 aromatic rings. The highest BCUT2D eigenvalue weighted by atomic mass is 79.9. The molecular weight excluding hydrogens is 328 g/mol. The zero-order valence-electron chi connectivity index (χ0n) is 10.3. The molecule has 1 heterocycles. The molecule has 0 aliphatic heterocycles. The van der Waals surface area contributed by atoms with Crippen molar-refractivity contribution >= 4 is 33.2 Å². The van der Waals surface area contributed by atoms with Crippen molar-refractivity contribution in [1.29, 1.82) is 0 Å². The maximum Gasteiger partial charge on any atom is 0.365 e. The summed E-state index contributed by atoms with van der Waals surface area (Å²) in [6.45, 7) is 2.62. The van der Waals surface area contributed by atoms with Gasteiger partial charge in [-0.3, -0.25) is 0 Å². The molecule has 0 amide bonds. The van der Waals surface area contributed by atoms with Gasteiger partial charge in [0, 0.05) is 22.4 Å². The fraction of sp³-hybridized carbons (Fsp3) is 0.231. The van der Waals surface area contributed by atoms with Crippen LogP contribution in [0.15, 0.2) is 34.1 Å². The second-order valence-corrected chi connectivity index (χ2v) is 5.88. The molecule has 0 bridgehead atoms. The highest BCUT2D eigenvalue weighted by molar-refractivity contribution is 9.10. The molecule has 6 heteroatoms. The summed E-state index contributed by atoms with van der Waals surface area (Å²) in [6.07, 6.45) is 0. The zero-order chi connectivity index (χ0) is 13.8. The van der Waals surface area contributed by atoms with Gasteiger partial charge in [-0.25, -0.2) is 9.78 Å². The second-order valence-electron chi connectivity index (χ2n) is 4.10. The van der Waals surface area contributed by atoms with E-state index < -0.39 is 5.97 Å². The fourth-order valence-electron chi connectivity index (χ4n) is 1.61. The van der Waals surface area contributed by atoms with Gasteiger partial charge in [0.15, 0.2) is 0 Å². The average Bonchev–Trinajstić information content (AvgIpc) is 2.86. The molecule has 0 saturated carbocycles. The molecule has 1 unspecified atom stereocenters. The Morgan fingerprint density at radius 2 is 2.16 bits per heavy atom. The number of hydrogen-bond donors (Lipinski definition) is 2. The summed E-state index contributed by atoms with van der Waals surface area (Å²) in [5, 5.41) is 14.0. The number of nitrogens with zero attached hydrogens (tertiary/aromatic N) is 1. The quantitative estimate of drug-likeness (QED) is 0.874. The number of benzene rings is 1. The fourth-order valence-corrected chi connectivity index (χ4v) is 2.53. The minimum absolute atomic E-state index is 0.132. The van der Waals surface area contributed by atoms with Crippen LogP contribution in [-0.4, -0.2) is 16.1 Å². The third-order valence-corrected chi connectivity index (χ3v) is 4.10. The van der Waals surface area contributed by atoms with E-state index in [9.17, 15) is 4.79 Å². The number of carboxylic acids is 1. The van der Waals surface area contributed by atoms with Crippen molar-refractivity contribution < 1.29 is 9.90 Å². The van der Waals surface area contributed by atoms with Crippen molar-refractivity contribution in [1.82, 2.24) is 10.3 Å². The summed E-state index contributed by atoms with van der Waals surface area (Å²) in [5.74, 6) is -0.975. The first-order valence-electron chi connectivity index (χ1n) is 5.73. The van der Waals surface area contributed by atoms with Gasteiger partial charge < -0.3 is 10.4 Å². The van der Waals surface area contributed by atoms with Crippen LogP contribution < -0.4 is 5.32 Å². The molecule has 0 aliphatic rings. The number of thiazole rings is 1. The highest BCUT2D eigenvalue weighted by Gasteiger charge is 2.10. The lowest BCUT2D eigenvalue weighted by atomic mass is 10.1. The van der Waals surface area contributed by atoms with Gasteiger partial charge >= 0.3 is 5.97 Å². The minimum Gasteiger partial charge on any atom is -0.476 e. The van der Waals surface area contributed by atoms with Gasteiger partial charge in [0.25, 0.3) is 0 Å². The molecule has 2 N–H and O–H groups in total. The molecule has 4 nitrogen and oxygen atoms in total. The van der Waals surface area contributed by atoms with E-state index in [-0.39, 0.29) is 11.0 Å². The van der Waals surface area contributed by atoms with E-state index in [0.29, 0.717) is 6.54 Å². The van der Waals surface area contributed by atoms with Gasteiger partial charge in [0.2, 0.25) is 5.01 Å². The van der Waals surface area contributed by atoms with Crippen LogP contribution in [0.2, 0.25) is 0 Å². The van der Waals surface area contributed by atoms with E-state index in [4.69, 9.17) is 5.11 Å². The first-order valence-corrected chi connectivity index (χ1v) is 7.40. The van der Waals surface area contributed by atoms with Gasteiger partial charge in [-0.15, -0.1) is 11.3 Å². The van der Waals surface area contributed by atoms with Gasteiger partial charge in [-0.1, -0.05) is 28.1 Å². The first kappa shape index (κ1) is 14.2. The Hall–Kier alpha value is -1.24. The van der Waals surface area contributed by atoms with Gasteiger partial charge in [-0.05, 0) is 24.6 Å². The first-order chi connectivity index (χ1) is 9.06. The SMILES string of the molecule is CC(NCc1csc(C(=O)O)n1)c1ccc(Br)cc1. The van der Waals surface area contributed by atoms with Crippen LogP contribution in [0.5, 0.6) is 0 Å². The molecular formula is C13H13BrN2O2S. The van der Waals surface area contributed by atoms with Crippen molar-refractivity contribution in [2.24, 2.45) is 0 Å². The summed E-state index contributed by atoms with van der Waals surface area (Å²) in [5.41, 5.74) is 1.93. The Labute approximate surface area is 123 Å². The van der Waals surface area contributed by atoms with Gasteiger partial charge in [-0.2, -0.15) is 0 Å². The van der Waals surface area contributed by atoms with E-state index in [1.54, 1.807) is 5.38 Å². The average molecular weight is 341 g/mol. The Morgan fingerprint density at radius 1 is 1.47 bits per heavy atom. The number of nitrogens with one attached hydrogen (secondary N) is 1. The summed E-state index contributed by atoms with van der Waals surface area (Å²) in [7, 11) is 0. The monoisotopic (exact) mass is 340 g/mol. The van der Waals surface area contributed by atoms with Crippen LogP contribution in [0.4, 0.5) is 0 Å². The molecule has 0 aliphatic carbocycles. The Bertz CT molecular complexity index is 568. The number of aromatic carboxylic acids is 1. The lowest BCUT2D eigenvalue weighted by Gasteiger charge is -2.13. The largest absolute Gasteiger partial charge is 0.476 e. The van der Waals surface area contributed by atoms with Crippen LogP contribution in [0, 0.1) is 0 Å². The maximum absolute atomic E-state index is 10.7. The van der Waals surface area contributed by atoms with Crippen LogP contribution >= 0.6 is 27.3 Å². The molecule has 0 radical (unpaired) electrons. The Morgan fingerprint density at radius 3 is 2.74 bits per heavy atom. The lowest BCUT2D eigenvalue weighted by molar-refractivity contribution is 0.0696. The standard InChI is InChI=1S/C13H13BrN2O2S/c1-8(9-2-4-10(14)5-3-9)15-6-11-7-19-12(16-11)13(17)18/h2-5,7-8,15H,6H2,1H3,(H,17,18). The normalized spacial score (nSPS) is 12.3. The third-order valence-electron chi connectivity index (χ3n) is 2.69. The predicted octanol–water partition coefficient (Wildman–Crippen LogP) is 3.45. The van der Waals surface area contributed by atoms with Gasteiger partial charge in [0.1, 0.15) is 0 Å². The number of carbonyl (C=O) groups is 1. The number of carboxylic acid groups (broad SMARTS) is 1. The molecule has 0 saturated heterocycles. The van der Waals surface area contributed by atoms with Gasteiger partial charge in [0.05, 0.1) is 5.69 Å². The number of rotatable bonds is 5. The summed E-state index contributed by atoms with van der Waals surface area (Å²) in [4.78, 5) is 14.8. The van der Waals surface area contributed by atoms with Crippen molar-refractivity contribution in [2.75, 3.05) is 0 Å². The molecule has 0 fully saturated rings. The third kappa shape index (κ3) is 3.86. The maximum atomic E-state index is 10.7. The van der Waals surface area contributed by atoms with Crippen molar-refractivity contribution in [3.63, 3.8) is 0 Å². The van der Waals surface area contributed by atoms with E-state index in [0.717, 1.165) is 21.5 Å². The molecule has 0 spiro atoms. The molecule has 1 atom stereocenters. The molecule has 1 aromatic heterocycles. The summed E-state index contributed by atoms with van der Waals surface area (Å²) < 4.78 is 1.05. The summed E-state index contributed by atoms with van der Waals surface area (Å²) in [6, 6.07) is 8.28. The molecule has 19 heavy (non-hydrogen) atoms. The Balaban J connectivity index is 1.94. The van der Waals surface area contributed by atoms with Crippen LogP contribution in [0.3, 0.4) is 0 Å². The topological polar surface area (TPSA) is 62.2 Å². The van der Waals surface area contributed by atoms with E-state index >= 15 is 0 Å². The Kier molecular flexibility index (Phi) is 4.68. The minimum atomic E-state index is -0.975. The smallest absolute Gasteiger partial charge is 0.365 e.